The summed E-state index contributed by atoms with van der Waals surface area (Å²) in [5.74, 6) is 1.18. The van der Waals surface area contributed by atoms with Crippen molar-refractivity contribution in [3.8, 4) is 28.9 Å². The zero-order chi connectivity index (χ0) is 37.9. The number of nitrogens with one attached hydrogen (secondary N) is 1. The Balaban J connectivity index is 0.816. The van der Waals surface area contributed by atoms with Gasteiger partial charge >= 0.3 is 0 Å². The Labute approximate surface area is 316 Å². The Hall–Kier alpha value is -6.08. The van der Waals surface area contributed by atoms with Crippen LogP contribution in [0, 0.1) is 5.82 Å². The first-order valence-electron chi connectivity index (χ1n) is 18.5. The maximum Gasteiger partial charge on any atom is 0.271 e. The molecule has 2 fully saturated rings. The number of amides is 2. The van der Waals surface area contributed by atoms with E-state index in [0.29, 0.717) is 18.2 Å². The van der Waals surface area contributed by atoms with Crippen LogP contribution in [0.4, 0.5) is 4.39 Å². The fourth-order valence-corrected chi connectivity index (χ4v) is 7.86. The lowest BCUT2D eigenvalue weighted by atomic mass is 9.69. The highest BCUT2D eigenvalue weighted by Crippen LogP contribution is 2.47. The number of benzene rings is 3. The smallest absolute Gasteiger partial charge is 0.271 e. The summed E-state index contributed by atoms with van der Waals surface area (Å²) < 4.78 is 32.9. The van der Waals surface area contributed by atoms with E-state index in [9.17, 15) is 23.9 Å². The molecule has 4 atom stereocenters. The summed E-state index contributed by atoms with van der Waals surface area (Å²) in [7, 11) is 0. The second-order valence-corrected chi connectivity index (χ2v) is 14.2. The van der Waals surface area contributed by atoms with E-state index in [-0.39, 0.29) is 54.0 Å². The van der Waals surface area contributed by atoms with E-state index in [2.05, 4.69) is 32.4 Å². The van der Waals surface area contributed by atoms with Gasteiger partial charge in [-0.2, -0.15) is 5.10 Å². The molecule has 55 heavy (non-hydrogen) atoms. The monoisotopic (exact) mass is 745 g/mol. The lowest BCUT2D eigenvalue weighted by Gasteiger charge is -2.35. The number of phenolic OH excluding ortho intramolecular Hbond substituents is 1. The molecule has 3 aliphatic rings. The van der Waals surface area contributed by atoms with E-state index < -0.39 is 17.5 Å². The number of aromatic hydroxyl groups is 1. The van der Waals surface area contributed by atoms with Crippen molar-refractivity contribution in [2.75, 3.05) is 26.2 Å². The molecule has 2 aromatic heterocycles. The van der Waals surface area contributed by atoms with Gasteiger partial charge in [0.25, 0.3) is 11.5 Å². The number of piperidine rings is 1. The number of carbonyl (C=O) groups is 2. The number of hydrogen-bond donors (Lipinski definition) is 2. The van der Waals surface area contributed by atoms with Gasteiger partial charge in [0.15, 0.2) is 5.75 Å². The number of fused-ring (bicyclic) bond motifs is 1. The molecule has 12 nitrogen and oxygen atoms in total. The van der Waals surface area contributed by atoms with Gasteiger partial charge in [0.1, 0.15) is 41.8 Å². The highest BCUT2D eigenvalue weighted by atomic mass is 19.1. The van der Waals surface area contributed by atoms with Crippen molar-refractivity contribution >= 4 is 11.8 Å². The van der Waals surface area contributed by atoms with Gasteiger partial charge in [0, 0.05) is 44.1 Å². The zero-order valence-electron chi connectivity index (χ0n) is 30.0. The summed E-state index contributed by atoms with van der Waals surface area (Å²) in [6.07, 6.45) is 5.76. The Morgan fingerprint density at radius 2 is 1.64 bits per heavy atom. The van der Waals surface area contributed by atoms with E-state index in [1.54, 1.807) is 18.2 Å². The van der Waals surface area contributed by atoms with Crippen LogP contribution in [0.15, 0.2) is 102 Å². The van der Waals surface area contributed by atoms with Gasteiger partial charge in [-0.25, -0.2) is 14.1 Å². The number of phenols is 1. The maximum atomic E-state index is 13.8. The molecule has 2 aliphatic heterocycles. The lowest BCUT2D eigenvalue weighted by molar-refractivity contribution is -0.136. The average Bonchev–Trinajstić information content (AvgIpc) is 3.63. The van der Waals surface area contributed by atoms with E-state index in [1.807, 2.05) is 36.4 Å². The van der Waals surface area contributed by atoms with Gasteiger partial charge < -0.3 is 19.3 Å². The van der Waals surface area contributed by atoms with E-state index in [4.69, 9.17) is 14.2 Å². The van der Waals surface area contributed by atoms with Crippen LogP contribution in [-0.4, -0.2) is 68.9 Å². The molecule has 13 heteroatoms. The van der Waals surface area contributed by atoms with Crippen molar-refractivity contribution in [3.05, 3.63) is 136 Å². The molecule has 2 saturated heterocycles. The summed E-state index contributed by atoms with van der Waals surface area (Å²) in [5.41, 5.74) is 4.06. The van der Waals surface area contributed by atoms with Crippen LogP contribution in [-0.2, 0) is 16.0 Å². The fourth-order valence-electron chi connectivity index (χ4n) is 7.86. The predicted octanol–water partition coefficient (Wildman–Crippen LogP) is 5.65. The molecule has 5 aromatic rings. The Kier molecular flexibility index (Phi) is 10.3. The molecule has 2 unspecified atom stereocenters. The number of aryl methyl sites for hydroxylation is 1. The largest absolute Gasteiger partial charge is 0.508 e. The first-order valence-corrected chi connectivity index (χ1v) is 18.5. The van der Waals surface area contributed by atoms with E-state index >= 15 is 0 Å². The van der Waals surface area contributed by atoms with Crippen LogP contribution >= 0.6 is 0 Å². The highest BCUT2D eigenvalue weighted by molar-refractivity contribution is 5.99. The molecule has 4 heterocycles. The van der Waals surface area contributed by atoms with Crippen LogP contribution in [0.2, 0.25) is 0 Å². The third-order valence-corrected chi connectivity index (χ3v) is 10.6. The molecule has 0 spiro atoms. The Morgan fingerprint density at radius 3 is 2.40 bits per heavy atom. The molecule has 2 N–H and O–H groups in total. The van der Waals surface area contributed by atoms with Gasteiger partial charge in [-0.15, -0.1) is 0 Å². The van der Waals surface area contributed by atoms with E-state index in [1.165, 1.54) is 36.2 Å². The zero-order valence-corrected chi connectivity index (χ0v) is 30.0. The molecule has 282 valence electrons. The Bertz CT molecular complexity index is 2230. The number of likely N-dealkylation sites (tertiary alicyclic amines) is 1. The number of halogens is 1. The minimum Gasteiger partial charge on any atom is -0.508 e. The summed E-state index contributed by atoms with van der Waals surface area (Å²) in [6.45, 7) is 2.86. The quantitative estimate of drug-likeness (QED) is 0.163. The van der Waals surface area contributed by atoms with Gasteiger partial charge in [0.2, 0.25) is 11.8 Å². The topological polar surface area (TPSA) is 145 Å². The number of aromatic nitrogens is 3. The molecule has 3 aromatic carbocycles. The standard InChI is InChI=1S/C42H40FN5O7/c43-29-6-1-26(2-7-29)35-12-5-28-21-30(49)8-13-36(28)41(35)27-3-9-31(10-4-27)53-20-19-47-18-17-33(25-47)55-39-16-11-32(23-44-39)54-34-22-40(51)48(45-24-34)37-14-15-38(50)46-42(37)52/h1-4,6-11,13,16,21-24,33,35,37,41,49H,5,12,14-15,17-20,25H2,(H,46,50,52)/t33?,35-,37?,41+/m1/s1. The number of rotatable bonds is 11. The number of nitrogens with zero attached hydrogens (tertiary/aromatic N) is 4. The van der Waals surface area contributed by atoms with Gasteiger partial charge in [-0.1, -0.05) is 30.3 Å². The highest BCUT2D eigenvalue weighted by Gasteiger charge is 2.33. The summed E-state index contributed by atoms with van der Waals surface area (Å²) in [4.78, 5) is 42.9. The fraction of sp³-hybridized carbons (Fsp3) is 0.310. The number of pyridine rings is 1. The minimum atomic E-state index is -0.844. The molecule has 2 amide bonds. The van der Waals surface area contributed by atoms with Gasteiger partial charge in [0.05, 0.1) is 12.4 Å². The van der Waals surface area contributed by atoms with Crippen molar-refractivity contribution in [1.82, 2.24) is 25.0 Å². The molecular weight excluding hydrogens is 705 g/mol. The van der Waals surface area contributed by atoms with Crippen molar-refractivity contribution in [1.29, 1.82) is 0 Å². The van der Waals surface area contributed by atoms with E-state index in [0.717, 1.165) is 66.0 Å². The summed E-state index contributed by atoms with van der Waals surface area (Å²) >= 11 is 0. The van der Waals surface area contributed by atoms with Crippen LogP contribution < -0.4 is 25.1 Å². The van der Waals surface area contributed by atoms with Gasteiger partial charge in [-0.3, -0.25) is 24.6 Å². The van der Waals surface area contributed by atoms with Crippen molar-refractivity contribution in [2.45, 2.75) is 56.1 Å². The molecule has 0 bridgehead atoms. The molecule has 0 radical (unpaired) electrons. The lowest BCUT2D eigenvalue weighted by Crippen LogP contribution is -2.45. The van der Waals surface area contributed by atoms with Gasteiger partial charge in [-0.05, 0) is 96.3 Å². The van der Waals surface area contributed by atoms with Crippen LogP contribution in [0.1, 0.15) is 65.8 Å². The molecule has 1 aliphatic carbocycles. The van der Waals surface area contributed by atoms with Crippen LogP contribution in [0.5, 0.6) is 28.9 Å². The summed E-state index contributed by atoms with van der Waals surface area (Å²) in [6, 6.07) is 24.5. The third-order valence-electron chi connectivity index (χ3n) is 10.6. The van der Waals surface area contributed by atoms with Crippen LogP contribution in [0.3, 0.4) is 0 Å². The minimum absolute atomic E-state index is 0.0306. The maximum absolute atomic E-state index is 13.8. The number of hydrogen-bond acceptors (Lipinski definition) is 10. The predicted molar refractivity (Wildman–Crippen MR) is 199 cm³/mol. The summed E-state index contributed by atoms with van der Waals surface area (Å²) in [5, 5.41) is 16.4. The molecule has 0 saturated carbocycles. The molecular formula is C42H40FN5O7. The van der Waals surface area contributed by atoms with Crippen molar-refractivity contribution in [2.24, 2.45) is 0 Å². The number of carbonyl (C=O) groups excluding carboxylic acids is 2. The first kappa shape index (κ1) is 35.9. The number of ether oxygens (including phenoxy) is 3. The van der Waals surface area contributed by atoms with Crippen molar-refractivity contribution in [3.63, 3.8) is 0 Å². The van der Waals surface area contributed by atoms with Crippen LogP contribution in [0.25, 0.3) is 0 Å². The second kappa shape index (κ2) is 15.7. The second-order valence-electron chi connectivity index (χ2n) is 14.2. The average molecular weight is 746 g/mol. The Morgan fingerprint density at radius 1 is 0.836 bits per heavy atom. The normalized spacial score (nSPS) is 21.1. The molecule has 8 rings (SSSR count). The number of imide groups is 1. The third kappa shape index (κ3) is 8.21. The van der Waals surface area contributed by atoms with Crippen molar-refractivity contribution < 1.29 is 33.3 Å². The first-order chi connectivity index (χ1) is 26.8. The SMILES string of the molecule is O=C1CCC(n2ncc(Oc3ccc(OC4CCN(CCOc5ccc([C@@H]6c7ccc(O)cc7CC[C@@H]6c6ccc(F)cc6)cc5)C4)nc3)cc2=O)C(=O)N1.